The van der Waals surface area contributed by atoms with Gasteiger partial charge >= 0.3 is 6.03 Å². The lowest BCUT2D eigenvalue weighted by molar-refractivity contribution is 0.247. The zero-order valence-corrected chi connectivity index (χ0v) is 11.4. The molecule has 0 radical (unpaired) electrons. The van der Waals surface area contributed by atoms with E-state index >= 15 is 0 Å². The van der Waals surface area contributed by atoms with Gasteiger partial charge in [-0.25, -0.2) is 14.8 Å². The third-order valence-corrected chi connectivity index (χ3v) is 2.94. The highest BCUT2D eigenvalue weighted by Crippen LogP contribution is 2.25. The van der Waals surface area contributed by atoms with Crippen LogP contribution in [0.25, 0.3) is 11.4 Å². The van der Waals surface area contributed by atoms with Gasteiger partial charge in [0.1, 0.15) is 11.5 Å². The third-order valence-electron chi connectivity index (χ3n) is 2.21. The Labute approximate surface area is 118 Å². The Morgan fingerprint density at radius 2 is 2.15 bits per heavy atom. The average Bonchev–Trinajstić information content (AvgIpc) is 2.87. The molecule has 8 nitrogen and oxygen atoms in total. The molecule has 0 aliphatic carbocycles. The number of aliphatic imine (C=N–C) groups is 1. The number of anilines is 1. The lowest BCUT2D eigenvalue weighted by Gasteiger charge is -2.01. The molecule has 20 heavy (non-hydrogen) atoms. The molecule has 0 bridgehead atoms. The van der Waals surface area contributed by atoms with Gasteiger partial charge in [0.15, 0.2) is 0 Å². The normalized spacial score (nSPS) is 11.2. The highest BCUT2D eigenvalue weighted by atomic mass is 32.1. The maximum Gasteiger partial charge on any atom is 0.321 e. The highest BCUT2D eigenvalue weighted by Gasteiger charge is 2.06. The summed E-state index contributed by atoms with van der Waals surface area (Å²) in [5, 5.41) is 6.91. The van der Waals surface area contributed by atoms with Gasteiger partial charge in [-0.15, -0.1) is 11.3 Å². The Hall–Kier alpha value is -2.68. The number of nitrogens with two attached hydrogens (primary N) is 2. The van der Waals surface area contributed by atoms with Crippen molar-refractivity contribution in [3.63, 3.8) is 0 Å². The van der Waals surface area contributed by atoms with Crippen LogP contribution in [0.1, 0.15) is 0 Å². The summed E-state index contributed by atoms with van der Waals surface area (Å²) in [5.74, 6) is 0.382. The maximum atomic E-state index is 11.1. The number of nitrogens with one attached hydrogen (secondary N) is 2. The van der Waals surface area contributed by atoms with Crippen LogP contribution >= 0.6 is 11.3 Å². The van der Waals surface area contributed by atoms with Crippen molar-refractivity contribution >= 4 is 34.3 Å². The second-order valence-electron chi connectivity index (χ2n) is 3.66. The van der Waals surface area contributed by atoms with Crippen LogP contribution in [0.2, 0.25) is 0 Å². The van der Waals surface area contributed by atoms with Crippen molar-refractivity contribution in [2.24, 2.45) is 10.7 Å². The smallest absolute Gasteiger partial charge is 0.321 e. The number of urea groups is 1. The molecule has 0 fully saturated rings. The SMILES string of the molecule is CNC(=O)NC(N)=Nc1nc(-c2cccc(N)n2)cs1. The summed E-state index contributed by atoms with van der Waals surface area (Å²) < 4.78 is 0. The zero-order valence-electron chi connectivity index (χ0n) is 10.6. The highest BCUT2D eigenvalue weighted by molar-refractivity contribution is 7.13. The van der Waals surface area contributed by atoms with E-state index in [0.717, 1.165) is 0 Å². The second-order valence-corrected chi connectivity index (χ2v) is 4.50. The molecule has 0 saturated heterocycles. The largest absolute Gasteiger partial charge is 0.384 e. The van der Waals surface area contributed by atoms with E-state index in [9.17, 15) is 4.79 Å². The van der Waals surface area contributed by atoms with Crippen LogP contribution in [0.3, 0.4) is 0 Å². The monoisotopic (exact) mass is 291 g/mol. The number of hydrogen-bond donors (Lipinski definition) is 4. The molecule has 0 saturated carbocycles. The van der Waals surface area contributed by atoms with Crippen molar-refractivity contribution in [3.05, 3.63) is 23.6 Å². The number of thiazole rings is 1. The molecule has 0 aliphatic heterocycles. The summed E-state index contributed by atoms with van der Waals surface area (Å²) in [5.41, 5.74) is 12.5. The first-order valence-electron chi connectivity index (χ1n) is 5.60. The van der Waals surface area contributed by atoms with Crippen LogP contribution in [0.4, 0.5) is 15.7 Å². The van der Waals surface area contributed by atoms with Gasteiger partial charge in [0.05, 0.1) is 5.69 Å². The molecule has 2 aromatic rings. The average molecular weight is 291 g/mol. The Balaban J connectivity index is 2.17. The van der Waals surface area contributed by atoms with E-state index < -0.39 is 6.03 Å². The fourth-order valence-electron chi connectivity index (χ4n) is 1.34. The first-order valence-corrected chi connectivity index (χ1v) is 6.48. The van der Waals surface area contributed by atoms with Crippen LogP contribution in [0.5, 0.6) is 0 Å². The zero-order chi connectivity index (χ0) is 14.5. The molecule has 6 N–H and O–H groups in total. The lowest BCUT2D eigenvalue weighted by Crippen LogP contribution is -2.41. The van der Waals surface area contributed by atoms with Gasteiger partial charge in [0.2, 0.25) is 11.1 Å². The summed E-state index contributed by atoms with van der Waals surface area (Å²) in [6.07, 6.45) is 0. The predicted molar refractivity (Wildman–Crippen MR) is 78.6 cm³/mol. The molecule has 0 spiro atoms. The number of nitrogen functional groups attached to an aromatic ring is 1. The van der Waals surface area contributed by atoms with Gasteiger partial charge in [0.25, 0.3) is 0 Å². The number of carbonyl (C=O) groups excluding carboxylic acids is 1. The van der Waals surface area contributed by atoms with Gasteiger partial charge in [-0.2, -0.15) is 4.99 Å². The van der Waals surface area contributed by atoms with Gasteiger partial charge < -0.3 is 16.8 Å². The summed E-state index contributed by atoms with van der Waals surface area (Å²) in [7, 11) is 1.48. The predicted octanol–water partition coefficient (Wildman–Crippen LogP) is 0.663. The van der Waals surface area contributed by atoms with Crippen LogP contribution < -0.4 is 22.1 Å². The van der Waals surface area contributed by atoms with Crippen molar-refractivity contribution < 1.29 is 4.79 Å². The molecular formula is C11H13N7OS. The fraction of sp³-hybridized carbons (Fsp3) is 0.0909. The molecule has 2 heterocycles. The van der Waals surface area contributed by atoms with Crippen LogP contribution in [-0.4, -0.2) is 29.0 Å². The number of amides is 2. The Bertz CT molecular complexity index is 652. The summed E-state index contributed by atoms with van der Waals surface area (Å²) in [6.45, 7) is 0. The number of pyridine rings is 1. The number of aromatic nitrogens is 2. The Kier molecular flexibility index (Phi) is 4.11. The van der Waals surface area contributed by atoms with E-state index in [0.29, 0.717) is 22.3 Å². The Morgan fingerprint density at radius 3 is 2.85 bits per heavy atom. The fourth-order valence-corrected chi connectivity index (χ4v) is 2.03. The number of rotatable bonds is 2. The first-order chi connectivity index (χ1) is 9.58. The minimum atomic E-state index is -0.444. The van der Waals surface area contributed by atoms with E-state index in [-0.39, 0.29) is 5.96 Å². The number of carbonyl (C=O) groups is 1. The molecule has 2 amide bonds. The third kappa shape index (κ3) is 3.42. The molecule has 0 aromatic carbocycles. The number of hydrogen-bond acceptors (Lipinski definition) is 6. The van der Waals surface area contributed by atoms with E-state index in [4.69, 9.17) is 11.5 Å². The van der Waals surface area contributed by atoms with Crippen LogP contribution in [-0.2, 0) is 0 Å². The van der Waals surface area contributed by atoms with Crippen molar-refractivity contribution in [1.29, 1.82) is 0 Å². The van der Waals surface area contributed by atoms with E-state index in [1.165, 1.54) is 18.4 Å². The van der Waals surface area contributed by atoms with Crippen molar-refractivity contribution in [1.82, 2.24) is 20.6 Å². The number of guanidine groups is 1. The van der Waals surface area contributed by atoms with E-state index in [2.05, 4.69) is 25.6 Å². The van der Waals surface area contributed by atoms with E-state index in [1.54, 1.807) is 23.6 Å². The minimum absolute atomic E-state index is 0.0363. The summed E-state index contributed by atoms with van der Waals surface area (Å²) >= 11 is 1.28. The maximum absolute atomic E-state index is 11.1. The molecule has 0 atom stereocenters. The van der Waals surface area contributed by atoms with Crippen molar-refractivity contribution in [2.45, 2.75) is 0 Å². The lowest BCUT2D eigenvalue weighted by atomic mass is 10.3. The van der Waals surface area contributed by atoms with Gasteiger partial charge in [0, 0.05) is 12.4 Å². The standard InChI is InChI=1S/C11H13N7OS/c1-14-10(19)17-9(13)18-11-16-7(5-20-11)6-3-2-4-8(12)15-6/h2-5H,1H3,(H2,12,15)(H4,13,14,16,17,18,19). The topological polar surface area (TPSA) is 131 Å². The Morgan fingerprint density at radius 1 is 1.35 bits per heavy atom. The van der Waals surface area contributed by atoms with Gasteiger partial charge in [-0.05, 0) is 12.1 Å². The van der Waals surface area contributed by atoms with Crippen LogP contribution in [0, 0.1) is 0 Å². The molecular weight excluding hydrogens is 278 g/mol. The molecule has 0 unspecified atom stereocenters. The van der Waals surface area contributed by atoms with Gasteiger partial charge in [-0.1, -0.05) is 6.07 Å². The second kappa shape index (κ2) is 5.97. The van der Waals surface area contributed by atoms with Gasteiger partial charge in [-0.3, -0.25) is 5.32 Å². The number of nitrogens with zero attached hydrogens (tertiary/aromatic N) is 3. The van der Waals surface area contributed by atoms with Crippen molar-refractivity contribution in [2.75, 3.05) is 12.8 Å². The quantitative estimate of drug-likeness (QED) is 0.477. The molecule has 2 aromatic heterocycles. The first kappa shape index (κ1) is 13.7. The molecule has 9 heteroatoms. The molecule has 104 valence electrons. The molecule has 2 rings (SSSR count). The minimum Gasteiger partial charge on any atom is -0.384 e. The van der Waals surface area contributed by atoms with Crippen molar-refractivity contribution in [3.8, 4) is 11.4 Å². The van der Waals surface area contributed by atoms with Crippen LogP contribution in [0.15, 0.2) is 28.6 Å². The summed E-state index contributed by atoms with van der Waals surface area (Å²) in [6, 6.07) is 4.84. The van der Waals surface area contributed by atoms with E-state index in [1.807, 2.05) is 0 Å². The summed E-state index contributed by atoms with van der Waals surface area (Å²) in [4.78, 5) is 23.5. The molecule has 0 aliphatic rings.